The Morgan fingerprint density at radius 2 is 2.11 bits per heavy atom. The monoisotopic (exact) mass is 241 g/mol. The predicted molar refractivity (Wildman–Crippen MR) is 71.1 cm³/mol. The number of nitrogens with one attached hydrogen (secondary N) is 1. The van der Waals surface area contributed by atoms with E-state index in [1.54, 1.807) is 0 Å². The van der Waals surface area contributed by atoms with Crippen LogP contribution in [0.3, 0.4) is 0 Å². The highest BCUT2D eigenvalue weighted by atomic mass is 16.5. The van der Waals surface area contributed by atoms with Crippen LogP contribution < -0.4 is 5.32 Å². The third-order valence-corrected chi connectivity index (χ3v) is 2.57. The summed E-state index contributed by atoms with van der Waals surface area (Å²) in [5, 5.41) is 3.28. The summed E-state index contributed by atoms with van der Waals surface area (Å²) >= 11 is 0. The molecule has 0 heterocycles. The second-order valence-electron chi connectivity index (χ2n) is 3.84. The number of para-hydroxylation sites is 1. The van der Waals surface area contributed by atoms with Crippen LogP contribution in [0.5, 0.6) is 0 Å². The summed E-state index contributed by atoms with van der Waals surface area (Å²) in [5.41, 5.74) is 11.4. The lowest BCUT2D eigenvalue weighted by Crippen LogP contribution is -2.13. The molecule has 0 spiro atoms. The first kappa shape index (κ1) is 12.1. The SMILES string of the molecule is CCOC1=CC(Nc2ccccc2)=CCC1=[N+]=[N-]. The highest BCUT2D eigenvalue weighted by Gasteiger charge is 2.20. The molecule has 0 saturated heterocycles. The topological polar surface area (TPSA) is 57.7 Å². The summed E-state index contributed by atoms with van der Waals surface area (Å²) < 4.78 is 5.44. The van der Waals surface area contributed by atoms with Gasteiger partial charge in [-0.1, -0.05) is 18.2 Å². The van der Waals surface area contributed by atoms with Crippen molar-refractivity contribution in [3.05, 3.63) is 59.5 Å². The molecule has 0 radical (unpaired) electrons. The molecule has 4 nitrogen and oxygen atoms in total. The molecule has 4 heteroatoms. The molecule has 0 bridgehead atoms. The van der Waals surface area contributed by atoms with Gasteiger partial charge in [0, 0.05) is 17.5 Å². The van der Waals surface area contributed by atoms with E-state index < -0.39 is 0 Å². The molecule has 1 N–H and O–H groups in total. The standard InChI is InChI=1S/C14H15N3O/c1-2-18-14-10-12(8-9-13(14)17-15)16-11-6-4-3-5-7-11/h3-8,10,16H,2,9H2,1H3. The van der Waals surface area contributed by atoms with Crippen molar-refractivity contribution in [3.8, 4) is 0 Å². The van der Waals surface area contributed by atoms with Crippen LogP contribution in [-0.2, 0) is 4.74 Å². The van der Waals surface area contributed by atoms with E-state index in [9.17, 15) is 0 Å². The zero-order valence-electron chi connectivity index (χ0n) is 10.3. The van der Waals surface area contributed by atoms with Crippen molar-refractivity contribution in [2.24, 2.45) is 0 Å². The van der Waals surface area contributed by atoms with Gasteiger partial charge in [-0.3, -0.25) is 0 Å². The van der Waals surface area contributed by atoms with Gasteiger partial charge in [-0.2, -0.15) is 4.79 Å². The zero-order chi connectivity index (χ0) is 12.8. The second kappa shape index (κ2) is 5.84. The van der Waals surface area contributed by atoms with E-state index in [0.717, 1.165) is 11.4 Å². The largest absolute Gasteiger partial charge is 0.487 e. The molecule has 1 aliphatic rings. The Labute approximate surface area is 106 Å². The molecule has 0 aliphatic heterocycles. The van der Waals surface area contributed by atoms with Gasteiger partial charge in [0.15, 0.2) is 0 Å². The van der Waals surface area contributed by atoms with E-state index in [0.29, 0.717) is 24.5 Å². The highest BCUT2D eigenvalue weighted by Crippen LogP contribution is 2.18. The number of benzene rings is 1. The van der Waals surface area contributed by atoms with Crippen LogP contribution in [0.15, 0.2) is 53.9 Å². The Hall–Kier alpha value is -2.32. The molecule has 1 aromatic carbocycles. The van der Waals surface area contributed by atoms with Crippen molar-refractivity contribution in [1.29, 1.82) is 0 Å². The summed E-state index contributed by atoms with van der Waals surface area (Å²) in [6.07, 6.45) is 4.36. The van der Waals surface area contributed by atoms with Gasteiger partial charge < -0.3 is 15.6 Å². The third kappa shape index (κ3) is 2.87. The Bertz CT molecular complexity index is 525. The Morgan fingerprint density at radius 3 is 2.78 bits per heavy atom. The first-order valence-corrected chi connectivity index (χ1v) is 5.91. The number of ether oxygens (including phenoxy) is 1. The minimum atomic E-state index is 0.545. The molecule has 1 aliphatic carbocycles. The molecule has 18 heavy (non-hydrogen) atoms. The molecule has 0 amide bonds. The highest BCUT2D eigenvalue weighted by molar-refractivity contribution is 5.97. The first-order valence-electron chi connectivity index (χ1n) is 5.91. The maximum atomic E-state index is 8.88. The number of nitrogens with zero attached hydrogens (tertiary/aromatic N) is 2. The van der Waals surface area contributed by atoms with E-state index in [4.69, 9.17) is 10.3 Å². The van der Waals surface area contributed by atoms with Gasteiger partial charge in [0.25, 0.3) is 0 Å². The molecule has 0 aromatic heterocycles. The number of hydrogen-bond acceptors (Lipinski definition) is 2. The van der Waals surface area contributed by atoms with Gasteiger partial charge in [-0.05, 0) is 25.1 Å². The number of hydrogen-bond donors (Lipinski definition) is 1. The van der Waals surface area contributed by atoms with Crippen LogP contribution in [0.4, 0.5) is 5.69 Å². The average Bonchev–Trinajstić information content (AvgIpc) is 2.41. The Balaban J connectivity index is 2.16. The summed E-state index contributed by atoms with van der Waals surface area (Å²) in [6.45, 7) is 2.45. The maximum Gasteiger partial charge on any atom is 0.337 e. The van der Waals surface area contributed by atoms with E-state index in [2.05, 4.69) is 10.1 Å². The van der Waals surface area contributed by atoms with Crippen molar-refractivity contribution >= 4 is 11.4 Å². The quantitative estimate of drug-likeness (QED) is 0.650. The molecular formula is C14H15N3O. The second-order valence-corrected chi connectivity index (χ2v) is 3.84. The van der Waals surface area contributed by atoms with E-state index >= 15 is 0 Å². The van der Waals surface area contributed by atoms with Gasteiger partial charge in [0.2, 0.25) is 5.76 Å². The summed E-state index contributed by atoms with van der Waals surface area (Å²) in [4.78, 5) is 3.24. The van der Waals surface area contributed by atoms with Crippen molar-refractivity contribution in [2.45, 2.75) is 13.3 Å². The van der Waals surface area contributed by atoms with Crippen LogP contribution in [0.2, 0.25) is 0 Å². The number of rotatable bonds is 4. The normalized spacial score (nSPS) is 14.4. The Kier molecular flexibility index (Phi) is 3.94. The number of anilines is 1. The summed E-state index contributed by atoms with van der Waals surface area (Å²) in [7, 11) is 0. The molecule has 2 rings (SSSR count). The van der Waals surface area contributed by atoms with E-state index in [1.807, 2.05) is 49.4 Å². The van der Waals surface area contributed by atoms with Crippen LogP contribution >= 0.6 is 0 Å². The molecule has 92 valence electrons. The number of allylic oxidation sites excluding steroid dienone is 3. The van der Waals surface area contributed by atoms with Gasteiger partial charge in [-0.15, -0.1) is 0 Å². The van der Waals surface area contributed by atoms with E-state index in [1.165, 1.54) is 0 Å². The van der Waals surface area contributed by atoms with Gasteiger partial charge in [-0.25, -0.2) is 0 Å². The summed E-state index contributed by atoms with van der Waals surface area (Å²) in [5.74, 6) is 0.612. The lowest BCUT2D eigenvalue weighted by Gasteiger charge is -2.13. The lowest BCUT2D eigenvalue weighted by molar-refractivity contribution is -0.0118. The van der Waals surface area contributed by atoms with Crippen molar-refractivity contribution in [2.75, 3.05) is 11.9 Å². The van der Waals surface area contributed by atoms with Crippen LogP contribution in [0.25, 0.3) is 5.53 Å². The first-order chi connectivity index (χ1) is 8.83. The molecular weight excluding hydrogens is 226 g/mol. The Morgan fingerprint density at radius 1 is 1.33 bits per heavy atom. The zero-order valence-corrected chi connectivity index (χ0v) is 10.3. The van der Waals surface area contributed by atoms with Gasteiger partial charge in [0.05, 0.1) is 13.0 Å². The van der Waals surface area contributed by atoms with Crippen molar-refractivity contribution < 1.29 is 9.53 Å². The minimum Gasteiger partial charge on any atom is -0.487 e. The molecule has 1 aromatic rings. The van der Waals surface area contributed by atoms with Gasteiger partial charge in [0.1, 0.15) is 0 Å². The maximum absolute atomic E-state index is 8.88. The smallest absolute Gasteiger partial charge is 0.337 e. The molecule has 0 saturated carbocycles. The molecule has 0 unspecified atom stereocenters. The van der Waals surface area contributed by atoms with E-state index in [-0.39, 0.29) is 0 Å². The fourth-order valence-corrected chi connectivity index (χ4v) is 1.74. The van der Waals surface area contributed by atoms with Crippen molar-refractivity contribution in [1.82, 2.24) is 0 Å². The molecule has 0 atom stereocenters. The average molecular weight is 241 g/mol. The fraction of sp³-hybridized carbons (Fsp3) is 0.214. The minimum absolute atomic E-state index is 0.545. The van der Waals surface area contributed by atoms with Crippen molar-refractivity contribution in [3.63, 3.8) is 0 Å². The summed E-state index contributed by atoms with van der Waals surface area (Å²) in [6, 6.07) is 9.90. The van der Waals surface area contributed by atoms with Crippen LogP contribution in [-0.4, -0.2) is 17.1 Å². The fourth-order valence-electron chi connectivity index (χ4n) is 1.74. The van der Waals surface area contributed by atoms with Crippen LogP contribution in [0, 0.1) is 0 Å². The lowest BCUT2D eigenvalue weighted by atomic mass is 10.1. The van der Waals surface area contributed by atoms with Crippen LogP contribution in [0.1, 0.15) is 13.3 Å². The predicted octanol–water partition coefficient (Wildman–Crippen LogP) is 2.98. The molecule has 0 fully saturated rings. The third-order valence-electron chi connectivity index (χ3n) is 2.57. The van der Waals surface area contributed by atoms with Gasteiger partial charge >= 0.3 is 5.71 Å².